The smallest absolute Gasteiger partial charge is 0.343 e. The molecule has 0 N–H and O–H groups in total. The molecule has 0 aliphatic rings. The second kappa shape index (κ2) is 17.3. The first-order chi connectivity index (χ1) is 19.1. The number of rotatable bonds is 18. The van der Waals surface area contributed by atoms with Crippen molar-refractivity contribution in [2.75, 3.05) is 0 Å². The Morgan fingerprint density at radius 2 is 1.33 bits per heavy atom. The molecule has 0 heterocycles. The molecule has 1 atom stereocenters. The Bertz CT molecular complexity index is 1100. The van der Waals surface area contributed by atoms with E-state index in [1.165, 1.54) is 63.4 Å². The largest absolute Gasteiger partial charge is 0.491 e. The van der Waals surface area contributed by atoms with E-state index >= 15 is 0 Å². The molecule has 0 saturated heterocycles. The van der Waals surface area contributed by atoms with Crippen LogP contribution in [0.25, 0.3) is 11.1 Å². The number of carbonyl (C=O) groups is 1. The Labute approximate surface area is 236 Å². The second-order valence-electron chi connectivity index (χ2n) is 10.5. The van der Waals surface area contributed by atoms with Crippen LogP contribution >= 0.6 is 0 Å². The number of allylic oxidation sites excluding steroid dienone is 1. The fraction of sp³-hybridized carbons (Fsp3) is 0.417. The summed E-state index contributed by atoms with van der Waals surface area (Å²) in [4.78, 5) is 12.6. The molecule has 1 unspecified atom stereocenters. The highest BCUT2D eigenvalue weighted by Gasteiger charge is 2.11. The van der Waals surface area contributed by atoms with E-state index in [9.17, 15) is 4.79 Å². The standard InChI is InChI=1S/C36H46O3/c1-4-6-8-10-11-12-14-16-30-17-19-31(20-18-30)32-21-25-35(26-22-32)39-36(37)33-23-27-34(28-24-33)38-29(3)15-13-9-7-5-2/h4,17-29H,1,5-16H2,2-3H3. The van der Waals surface area contributed by atoms with Gasteiger partial charge in [0, 0.05) is 0 Å². The van der Waals surface area contributed by atoms with Gasteiger partial charge in [0.2, 0.25) is 0 Å². The molecule has 0 aromatic heterocycles. The van der Waals surface area contributed by atoms with Gasteiger partial charge in [-0.05, 0) is 98.5 Å². The molecule has 3 nitrogen and oxygen atoms in total. The number of hydrogen-bond acceptors (Lipinski definition) is 3. The Hall–Kier alpha value is -3.33. The lowest BCUT2D eigenvalue weighted by atomic mass is 10.0. The number of unbranched alkanes of at least 4 members (excludes halogenated alkanes) is 8. The summed E-state index contributed by atoms with van der Waals surface area (Å²) in [5.41, 5.74) is 4.16. The van der Waals surface area contributed by atoms with Gasteiger partial charge in [0.05, 0.1) is 11.7 Å². The highest BCUT2D eigenvalue weighted by atomic mass is 16.5. The van der Waals surface area contributed by atoms with E-state index in [-0.39, 0.29) is 12.1 Å². The van der Waals surface area contributed by atoms with Crippen LogP contribution in [0.2, 0.25) is 0 Å². The quantitative estimate of drug-likeness (QED) is 0.0715. The van der Waals surface area contributed by atoms with E-state index in [0.717, 1.165) is 36.1 Å². The maximum absolute atomic E-state index is 12.6. The van der Waals surface area contributed by atoms with Crippen molar-refractivity contribution in [1.29, 1.82) is 0 Å². The topological polar surface area (TPSA) is 35.5 Å². The molecule has 0 saturated carbocycles. The van der Waals surface area contributed by atoms with Crippen LogP contribution in [0.3, 0.4) is 0 Å². The van der Waals surface area contributed by atoms with Crippen molar-refractivity contribution >= 4 is 5.97 Å². The first kappa shape index (κ1) is 30.2. The third-order valence-electron chi connectivity index (χ3n) is 7.12. The van der Waals surface area contributed by atoms with Gasteiger partial charge in [-0.2, -0.15) is 0 Å². The summed E-state index contributed by atoms with van der Waals surface area (Å²) in [6, 6.07) is 23.7. The Balaban J connectivity index is 1.43. The average molecular weight is 527 g/mol. The average Bonchev–Trinajstić information content (AvgIpc) is 2.96. The summed E-state index contributed by atoms with van der Waals surface area (Å²) < 4.78 is 11.6. The number of carbonyl (C=O) groups excluding carboxylic acids is 1. The predicted octanol–water partition coefficient (Wildman–Crippen LogP) is 10.4. The van der Waals surface area contributed by atoms with Gasteiger partial charge in [-0.25, -0.2) is 4.79 Å². The van der Waals surface area contributed by atoms with Crippen LogP contribution in [0.1, 0.15) is 100 Å². The number of benzene rings is 3. The van der Waals surface area contributed by atoms with Crippen LogP contribution in [0.4, 0.5) is 0 Å². The van der Waals surface area contributed by atoms with Gasteiger partial charge in [0.25, 0.3) is 0 Å². The van der Waals surface area contributed by atoms with Gasteiger partial charge in [-0.15, -0.1) is 6.58 Å². The molecule has 0 spiro atoms. The minimum absolute atomic E-state index is 0.164. The molecule has 3 aromatic carbocycles. The summed E-state index contributed by atoms with van der Waals surface area (Å²) in [5, 5.41) is 0. The highest BCUT2D eigenvalue weighted by Crippen LogP contribution is 2.24. The van der Waals surface area contributed by atoms with Gasteiger partial charge in [0.1, 0.15) is 11.5 Å². The van der Waals surface area contributed by atoms with Crippen LogP contribution < -0.4 is 9.47 Å². The molecule has 0 fully saturated rings. The van der Waals surface area contributed by atoms with Crippen molar-refractivity contribution in [1.82, 2.24) is 0 Å². The van der Waals surface area contributed by atoms with Crippen molar-refractivity contribution in [3.8, 4) is 22.6 Å². The maximum atomic E-state index is 12.6. The Kier molecular flexibility index (Phi) is 13.4. The number of esters is 1. The van der Waals surface area contributed by atoms with Gasteiger partial charge in [-0.1, -0.05) is 87.9 Å². The van der Waals surface area contributed by atoms with Gasteiger partial charge in [0.15, 0.2) is 0 Å². The van der Waals surface area contributed by atoms with Crippen molar-refractivity contribution < 1.29 is 14.3 Å². The molecule has 0 radical (unpaired) electrons. The van der Waals surface area contributed by atoms with E-state index in [4.69, 9.17) is 9.47 Å². The van der Waals surface area contributed by atoms with Crippen LogP contribution in [-0.2, 0) is 6.42 Å². The SMILES string of the molecule is C=CCCCCCCCc1ccc(-c2ccc(OC(=O)c3ccc(OC(C)CCCCCC)cc3)cc2)cc1. The van der Waals surface area contributed by atoms with Crippen LogP contribution in [0.15, 0.2) is 85.5 Å². The molecule has 0 amide bonds. The minimum atomic E-state index is -0.369. The summed E-state index contributed by atoms with van der Waals surface area (Å²) in [6.45, 7) is 8.10. The molecule has 0 aliphatic heterocycles. The molecular weight excluding hydrogens is 480 g/mol. The summed E-state index contributed by atoms with van der Waals surface area (Å²) in [6.07, 6.45) is 16.8. The van der Waals surface area contributed by atoms with Gasteiger partial charge < -0.3 is 9.47 Å². The normalized spacial score (nSPS) is 11.6. The highest BCUT2D eigenvalue weighted by molar-refractivity contribution is 5.91. The lowest BCUT2D eigenvalue weighted by Crippen LogP contribution is -2.12. The van der Waals surface area contributed by atoms with Crippen molar-refractivity contribution in [3.63, 3.8) is 0 Å². The summed E-state index contributed by atoms with van der Waals surface area (Å²) >= 11 is 0. The molecule has 3 rings (SSSR count). The van der Waals surface area contributed by atoms with Crippen LogP contribution in [-0.4, -0.2) is 12.1 Å². The van der Waals surface area contributed by atoms with E-state index in [1.54, 1.807) is 12.1 Å². The van der Waals surface area contributed by atoms with Crippen molar-refractivity contribution in [2.24, 2.45) is 0 Å². The Morgan fingerprint density at radius 3 is 2.00 bits per heavy atom. The van der Waals surface area contributed by atoms with Gasteiger partial charge in [-0.3, -0.25) is 0 Å². The fourth-order valence-electron chi connectivity index (χ4n) is 4.71. The zero-order chi connectivity index (χ0) is 27.7. The summed E-state index contributed by atoms with van der Waals surface area (Å²) in [5.74, 6) is 0.950. The first-order valence-electron chi connectivity index (χ1n) is 14.9. The zero-order valence-electron chi connectivity index (χ0n) is 24.0. The molecule has 3 aromatic rings. The second-order valence-corrected chi connectivity index (χ2v) is 10.5. The Morgan fingerprint density at radius 1 is 0.744 bits per heavy atom. The maximum Gasteiger partial charge on any atom is 0.343 e. The molecular formula is C36H46O3. The lowest BCUT2D eigenvalue weighted by Gasteiger charge is -2.14. The van der Waals surface area contributed by atoms with E-state index < -0.39 is 0 Å². The van der Waals surface area contributed by atoms with Crippen LogP contribution in [0.5, 0.6) is 11.5 Å². The molecule has 3 heteroatoms. The fourth-order valence-corrected chi connectivity index (χ4v) is 4.71. The third-order valence-corrected chi connectivity index (χ3v) is 7.12. The number of ether oxygens (including phenoxy) is 2. The third kappa shape index (κ3) is 11.1. The van der Waals surface area contributed by atoms with Crippen LogP contribution in [0, 0.1) is 0 Å². The van der Waals surface area contributed by atoms with E-state index in [2.05, 4.69) is 44.7 Å². The monoisotopic (exact) mass is 526 g/mol. The summed E-state index contributed by atoms with van der Waals surface area (Å²) in [7, 11) is 0. The van der Waals surface area contributed by atoms with E-state index in [1.807, 2.05) is 42.5 Å². The van der Waals surface area contributed by atoms with Crippen molar-refractivity contribution in [3.05, 3.63) is 96.6 Å². The molecule has 0 aliphatic carbocycles. The minimum Gasteiger partial charge on any atom is -0.491 e. The first-order valence-corrected chi connectivity index (χ1v) is 14.9. The molecule has 0 bridgehead atoms. The van der Waals surface area contributed by atoms with E-state index in [0.29, 0.717) is 11.3 Å². The number of aryl methyl sites for hydroxylation is 1. The number of hydrogen-bond donors (Lipinski definition) is 0. The van der Waals surface area contributed by atoms with Gasteiger partial charge >= 0.3 is 5.97 Å². The zero-order valence-corrected chi connectivity index (χ0v) is 24.0. The lowest BCUT2D eigenvalue weighted by molar-refractivity contribution is 0.0734. The predicted molar refractivity (Wildman–Crippen MR) is 164 cm³/mol. The molecule has 39 heavy (non-hydrogen) atoms. The van der Waals surface area contributed by atoms with Crippen molar-refractivity contribution in [2.45, 2.75) is 97.0 Å². The molecule has 208 valence electrons.